The van der Waals surface area contributed by atoms with E-state index in [1.807, 2.05) is 12.1 Å². The second-order valence-corrected chi connectivity index (χ2v) is 14.7. The zero-order valence-electron chi connectivity index (χ0n) is 30.2. The second-order valence-electron chi connectivity index (χ2n) is 14.7. The fraction of sp³-hybridized carbons (Fsp3) is 0.730. The molecule has 2 fully saturated rings. The average molecular weight is 754 g/mol. The highest BCUT2D eigenvalue weighted by atomic mass is 16.7. The zero-order chi connectivity index (χ0) is 38.4. The molecule has 5 rings (SSSR count). The molecule has 0 spiro atoms. The number of aliphatic hydroxyl groups is 8. The van der Waals surface area contributed by atoms with Gasteiger partial charge < -0.3 is 69.9 Å². The number of aliphatic hydroxyl groups excluding tert-OH is 8. The Morgan fingerprint density at radius 2 is 1.74 bits per heavy atom. The Morgan fingerprint density at radius 3 is 2.43 bits per heavy atom. The molecule has 0 aromatic heterocycles. The molecule has 1 saturated heterocycles. The number of hydrogen-bond donors (Lipinski definition) is 9. The first kappa shape index (κ1) is 41.0. The van der Waals surface area contributed by atoms with E-state index in [0.717, 1.165) is 30.4 Å². The van der Waals surface area contributed by atoms with Gasteiger partial charge in [-0.3, -0.25) is 4.79 Å². The molecule has 53 heavy (non-hydrogen) atoms. The number of fused-ring (bicyclic) bond motifs is 2. The topological polar surface area (TPSA) is 254 Å². The van der Waals surface area contributed by atoms with Crippen LogP contribution in [0, 0.1) is 17.8 Å². The van der Waals surface area contributed by atoms with E-state index < -0.39 is 98.6 Å². The summed E-state index contributed by atoms with van der Waals surface area (Å²) in [6.07, 6.45) is -4.60. The molecule has 1 aromatic carbocycles. The Balaban J connectivity index is 1.21. The molecule has 1 unspecified atom stereocenters. The van der Waals surface area contributed by atoms with Crippen LogP contribution in [0.1, 0.15) is 69.9 Å². The van der Waals surface area contributed by atoms with Crippen molar-refractivity contribution in [2.45, 2.75) is 133 Å². The van der Waals surface area contributed by atoms with Crippen molar-refractivity contribution in [2.75, 3.05) is 19.8 Å². The Morgan fingerprint density at radius 1 is 0.981 bits per heavy atom. The highest BCUT2D eigenvalue weighted by Crippen LogP contribution is 2.48. The molecule has 4 aliphatic rings. The van der Waals surface area contributed by atoms with Crippen molar-refractivity contribution >= 4 is 11.9 Å². The van der Waals surface area contributed by atoms with Crippen LogP contribution < -0.4 is 10.1 Å². The molecule has 16 heteroatoms. The van der Waals surface area contributed by atoms with Gasteiger partial charge in [0, 0.05) is 6.92 Å². The van der Waals surface area contributed by atoms with Crippen LogP contribution in [0.25, 0.3) is 0 Å². The predicted octanol–water partition coefficient (Wildman–Crippen LogP) is -0.150. The number of hydrogen-bond acceptors (Lipinski definition) is 15. The highest BCUT2D eigenvalue weighted by Gasteiger charge is 2.48. The van der Waals surface area contributed by atoms with E-state index in [0.29, 0.717) is 44.3 Å². The lowest BCUT2D eigenvalue weighted by Crippen LogP contribution is -2.64. The van der Waals surface area contributed by atoms with Crippen LogP contribution in [0.15, 0.2) is 29.9 Å². The number of ether oxygens (including phenoxy) is 5. The highest BCUT2D eigenvalue weighted by molar-refractivity contribution is 5.74. The van der Waals surface area contributed by atoms with Gasteiger partial charge in [0.05, 0.1) is 19.3 Å². The molecule has 298 valence electrons. The van der Waals surface area contributed by atoms with E-state index in [4.69, 9.17) is 23.7 Å². The molecule has 0 radical (unpaired) electrons. The van der Waals surface area contributed by atoms with Gasteiger partial charge in [0.1, 0.15) is 48.4 Å². The summed E-state index contributed by atoms with van der Waals surface area (Å²) in [4.78, 5) is 24.6. The summed E-state index contributed by atoms with van der Waals surface area (Å²) in [7, 11) is 0. The third kappa shape index (κ3) is 9.54. The molecule has 2 aliphatic heterocycles. The lowest BCUT2D eigenvalue weighted by atomic mass is 9.73. The van der Waals surface area contributed by atoms with Crippen molar-refractivity contribution in [3.8, 4) is 5.75 Å². The van der Waals surface area contributed by atoms with Gasteiger partial charge in [0.2, 0.25) is 18.0 Å². The molecule has 16 nitrogen and oxygen atoms in total. The van der Waals surface area contributed by atoms with Crippen LogP contribution in [0.2, 0.25) is 0 Å². The van der Waals surface area contributed by atoms with Crippen molar-refractivity contribution in [1.29, 1.82) is 0 Å². The lowest BCUT2D eigenvalue weighted by molar-refractivity contribution is -0.264. The Hall–Kier alpha value is -3.22. The van der Waals surface area contributed by atoms with Crippen LogP contribution in [0.4, 0.5) is 0 Å². The minimum absolute atomic E-state index is 0.0407. The minimum atomic E-state index is -1.65. The maximum atomic E-state index is 12.9. The molecule has 9 N–H and O–H groups in total. The fourth-order valence-corrected chi connectivity index (χ4v) is 8.21. The van der Waals surface area contributed by atoms with E-state index in [1.165, 1.54) is 6.92 Å². The number of rotatable bonds is 16. The smallest absolute Gasteiger partial charge is 0.346 e. The maximum absolute atomic E-state index is 12.9. The molecule has 0 bridgehead atoms. The fourth-order valence-electron chi connectivity index (χ4n) is 8.21. The van der Waals surface area contributed by atoms with E-state index in [1.54, 1.807) is 6.07 Å². The Kier molecular flexibility index (Phi) is 14.2. The molecule has 13 atom stereocenters. The van der Waals surface area contributed by atoms with Gasteiger partial charge in [0.25, 0.3) is 0 Å². The van der Waals surface area contributed by atoms with Crippen molar-refractivity contribution in [2.24, 2.45) is 17.8 Å². The van der Waals surface area contributed by atoms with Gasteiger partial charge in [-0.15, -0.1) is 0 Å². The molecular weight excluding hydrogens is 698 g/mol. The van der Waals surface area contributed by atoms with Gasteiger partial charge >= 0.3 is 11.9 Å². The van der Waals surface area contributed by atoms with Crippen LogP contribution in [-0.2, 0) is 41.4 Å². The molecule has 2 aliphatic carbocycles. The van der Waals surface area contributed by atoms with Gasteiger partial charge in [-0.1, -0.05) is 31.9 Å². The monoisotopic (exact) mass is 753 g/mol. The van der Waals surface area contributed by atoms with Crippen LogP contribution in [-0.4, -0.2) is 134 Å². The number of carbonyl (C=O) groups is 2. The van der Waals surface area contributed by atoms with Crippen molar-refractivity contribution in [3.63, 3.8) is 0 Å². The molecule has 1 amide bonds. The SMILES string of the molecule is CCCCC[C@H](CC[C@H]1[C@@H]2Cc3cccc(OCC(=O)OC4O[C@H](CO)[C@@H](O)[C@H](O)[C@H]4NC(C)=O)c3C[C@@H]2C[C@@H]1O)OC1=C(O)[C@@H](O)[C@@H](O)[C@@H](CO)O1. The molecule has 1 saturated carbocycles. The van der Waals surface area contributed by atoms with Crippen LogP contribution in [0.5, 0.6) is 5.75 Å². The van der Waals surface area contributed by atoms with Gasteiger partial charge in [-0.2, -0.15) is 0 Å². The largest absolute Gasteiger partial charge is 0.504 e. The third-order valence-corrected chi connectivity index (χ3v) is 11.0. The zero-order valence-corrected chi connectivity index (χ0v) is 30.2. The van der Waals surface area contributed by atoms with Crippen molar-refractivity contribution < 1.29 is 74.1 Å². The van der Waals surface area contributed by atoms with Gasteiger partial charge in [-0.05, 0) is 79.9 Å². The minimum Gasteiger partial charge on any atom is -0.504 e. The summed E-state index contributed by atoms with van der Waals surface area (Å²) < 4.78 is 28.4. The second kappa shape index (κ2) is 18.4. The number of unbranched alkanes of at least 4 members (excludes halogenated alkanes) is 2. The van der Waals surface area contributed by atoms with E-state index in [-0.39, 0.29) is 23.7 Å². The normalized spacial score (nSPS) is 34.4. The Labute approximate surface area is 308 Å². The number of benzene rings is 1. The number of esters is 1. The standard InChI is InChI=1S/C37H55NO15/c1-3-4-5-8-21(50-37-35(48)34(47)32(45)28(16-40)52-37)10-11-22-23-12-19-7-6-9-26(24(19)13-20(23)14-25(22)42)49-17-29(43)53-36-30(38-18(2)41)33(46)31(44)27(15-39)51-36/h6-7,9,20-23,25,27-28,30-34,36,39-40,42,44-48H,3-5,8,10-17H2,1-2H3,(H,38,41)/t20-,21-,22+,23-,25+,27-,28-,30-,31-,32+,33-,34+,36?/m1/s1. The van der Waals surface area contributed by atoms with Crippen LogP contribution in [0.3, 0.4) is 0 Å². The number of carbonyl (C=O) groups excluding carboxylic acids is 2. The van der Waals surface area contributed by atoms with Gasteiger partial charge in [-0.25, -0.2) is 4.79 Å². The third-order valence-electron chi connectivity index (χ3n) is 11.0. The summed E-state index contributed by atoms with van der Waals surface area (Å²) in [6.45, 7) is 1.53. The van der Waals surface area contributed by atoms with Crippen molar-refractivity contribution in [3.05, 3.63) is 41.0 Å². The van der Waals surface area contributed by atoms with Gasteiger partial charge in [0.15, 0.2) is 12.7 Å². The predicted molar refractivity (Wildman–Crippen MR) is 184 cm³/mol. The number of amides is 1. The average Bonchev–Trinajstić information content (AvgIpc) is 3.44. The molecule has 2 heterocycles. The van der Waals surface area contributed by atoms with E-state index in [2.05, 4.69) is 12.2 Å². The van der Waals surface area contributed by atoms with Crippen molar-refractivity contribution in [1.82, 2.24) is 5.32 Å². The maximum Gasteiger partial charge on any atom is 0.346 e. The number of nitrogens with one attached hydrogen (secondary N) is 1. The Bertz CT molecular complexity index is 1420. The summed E-state index contributed by atoms with van der Waals surface area (Å²) in [5.74, 6) is -1.58. The summed E-state index contributed by atoms with van der Waals surface area (Å²) >= 11 is 0. The summed E-state index contributed by atoms with van der Waals surface area (Å²) in [5.41, 5.74) is 1.96. The van der Waals surface area contributed by atoms with E-state index in [9.17, 15) is 50.4 Å². The first-order valence-corrected chi connectivity index (χ1v) is 18.6. The molecule has 1 aromatic rings. The first-order valence-electron chi connectivity index (χ1n) is 18.6. The summed E-state index contributed by atoms with van der Waals surface area (Å²) in [5, 5.41) is 84.4. The summed E-state index contributed by atoms with van der Waals surface area (Å²) in [6, 6.07) is 4.30. The quantitative estimate of drug-likeness (QED) is 0.0786. The lowest BCUT2D eigenvalue weighted by Gasteiger charge is -2.41. The molecular formula is C37H55NO15. The first-order chi connectivity index (χ1) is 25.4. The van der Waals surface area contributed by atoms with E-state index >= 15 is 0 Å². The van der Waals surface area contributed by atoms with Crippen LogP contribution >= 0.6 is 0 Å².